The minimum absolute atomic E-state index is 0.298. The summed E-state index contributed by atoms with van der Waals surface area (Å²) >= 11 is 1.71. The maximum absolute atomic E-state index is 10.6. The molecule has 0 amide bonds. The third kappa shape index (κ3) is 7.37. The molecule has 0 atom stereocenters. The number of rotatable bonds is 9. The van der Waals surface area contributed by atoms with Crippen molar-refractivity contribution in [2.75, 3.05) is 25.4 Å². The number of aromatic nitrogens is 2. The van der Waals surface area contributed by atoms with Gasteiger partial charge in [0.25, 0.3) is 6.54 Å². The molecule has 8 heteroatoms. The lowest BCUT2D eigenvalue weighted by atomic mass is 10.4. The van der Waals surface area contributed by atoms with Crippen molar-refractivity contribution in [3.63, 3.8) is 0 Å². The molecule has 0 fully saturated rings. The maximum Gasteiger partial charge on any atom is 0.259 e. The molecule has 7 nitrogen and oxygen atoms in total. The van der Waals surface area contributed by atoms with Crippen LogP contribution in [-0.2, 0) is 5.75 Å². The van der Waals surface area contributed by atoms with Crippen LogP contribution in [0.2, 0.25) is 0 Å². The second-order valence-electron chi connectivity index (χ2n) is 4.23. The fourth-order valence-corrected chi connectivity index (χ4v) is 2.38. The van der Waals surface area contributed by atoms with E-state index in [4.69, 9.17) is 6.42 Å². The summed E-state index contributed by atoms with van der Waals surface area (Å²) in [6.45, 7) is 2.71. The number of aromatic amines is 1. The Labute approximate surface area is 128 Å². The van der Waals surface area contributed by atoms with Crippen molar-refractivity contribution in [1.29, 1.82) is 0 Å². The smallest absolute Gasteiger partial charge is 0.259 e. The minimum atomic E-state index is -0.401. The Morgan fingerprint density at radius 1 is 1.71 bits per heavy atom. The Balaban J connectivity index is 2.26. The minimum Gasteiger partial charge on any atom is -0.368 e. The first-order valence-electron chi connectivity index (χ1n) is 6.52. The molecular weight excluding hydrogens is 290 g/mol. The van der Waals surface area contributed by atoms with Gasteiger partial charge in [-0.05, 0) is 6.92 Å². The number of aryl methyl sites for hydroxylation is 1. The predicted octanol–water partition coefficient (Wildman–Crippen LogP) is 1.24. The van der Waals surface area contributed by atoms with Crippen molar-refractivity contribution < 1.29 is 4.92 Å². The maximum atomic E-state index is 10.6. The van der Waals surface area contributed by atoms with E-state index in [9.17, 15) is 10.1 Å². The van der Waals surface area contributed by atoms with Crippen LogP contribution in [0.1, 0.15) is 17.8 Å². The molecule has 21 heavy (non-hydrogen) atoms. The van der Waals surface area contributed by atoms with Crippen LogP contribution in [0.4, 0.5) is 0 Å². The van der Waals surface area contributed by atoms with Gasteiger partial charge in [0.15, 0.2) is 5.84 Å². The number of imidazole rings is 1. The molecule has 0 saturated heterocycles. The van der Waals surface area contributed by atoms with Gasteiger partial charge in [0.1, 0.15) is 0 Å². The highest BCUT2D eigenvalue weighted by molar-refractivity contribution is 7.98. The van der Waals surface area contributed by atoms with Crippen molar-refractivity contribution in [2.45, 2.75) is 19.1 Å². The van der Waals surface area contributed by atoms with E-state index < -0.39 is 4.92 Å². The molecule has 0 radical (unpaired) electrons. The molecule has 0 saturated carbocycles. The first kappa shape index (κ1) is 17.0. The molecule has 0 spiro atoms. The highest BCUT2D eigenvalue weighted by atomic mass is 32.2. The molecule has 1 rings (SSSR count). The standard InChI is InChI=1S/C13H19N5O2S/c1-3-4-5-14-13(8-18(19)20)15-6-7-21-9-12-11(2)16-10-17-12/h1,10H,4-9H2,2H3,(H,14,15)(H,16,17). The Hall–Kier alpha value is -2.01. The van der Waals surface area contributed by atoms with E-state index in [-0.39, 0.29) is 6.54 Å². The van der Waals surface area contributed by atoms with Gasteiger partial charge in [-0.1, -0.05) is 0 Å². The number of hydrogen-bond donors (Lipinski definition) is 2. The second-order valence-corrected chi connectivity index (χ2v) is 5.33. The van der Waals surface area contributed by atoms with Gasteiger partial charge < -0.3 is 10.3 Å². The van der Waals surface area contributed by atoms with Crippen molar-refractivity contribution in [3.05, 3.63) is 27.8 Å². The third-order valence-electron chi connectivity index (χ3n) is 2.59. The second kappa shape index (κ2) is 9.83. The van der Waals surface area contributed by atoms with Gasteiger partial charge in [-0.2, -0.15) is 11.8 Å². The Bertz CT molecular complexity index is 521. The number of hydrogen-bond acceptors (Lipinski definition) is 5. The fraction of sp³-hybridized carbons (Fsp3) is 0.538. The number of nitrogens with zero attached hydrogens (tertiary/aromatic N) is 3. The summed E-state index contributed by atoms with van der Waals surface area (Å²) in [5.41, 5.74) is 2.11. The summed E-state index contributed by atoms with van der Waals surface area (Å²) in [6.07, 6.45) is 7.29. The van der Waals surface area contributed by atoms with Gasteiger partial charge in [0.2, 0.25) is 0 Å². The highest BCUT2D eigenvalue weighted by Crippen LogP contribution is 2.11. The molecule has 0 aromatic carbocycles. The number of aliphatic imine (C=N–C) groups is 1. The van der Waals surface area contributed by atoms with Crippen LogP contribution in [0, 0.1) is 29.4 Å². The number of H-pyrrole nitrogens is 1. The number of nitrogens with one attached hydrogen (secondary N) is 2. The van der Waals surface area contributed by atoms with Crippen LogP contribution in [0.5, 0.6) is 0 Å². The van der Waals surface area contributed by atoms with Crippen LogP contribution in [-0.4, -0.2) is 46.1 Å². The lowest BCUT2D eigenvalue weighted by molar-refractivity contribution is -0.463. The van der Waals surface area contributed by atoms with E-state index in [0.717, 1.165) is 22.9 Å². The van der Waals surface area contributed by atoms with Crippen LogP contribution in [0.3, 0.4) is 0 Å². The zero-order valence-electron chi connectivity index (χ0n) is 12.0. The van der Waals surface area contributed by atoms with E-state index >= 15 is 0 Å². The first-order chi connectivity index (χ1) is 10.1. The molecule has 0 aliphatic carbocycles. The fourth-order valence-electron chi connectivity index (χ4n) is 1.51. The van der Waals surface area contributed by atoms with Crippen molar-refractivity contribution in [3.8, 4) is 12.3 Å². The monoisotopic (exact) mass is 309 g/mol. The lowest BCUT2D eigenvalue weighted by Crippen LogP contribution is -2.32. The quantitative estimate of drug-likeness (QED) is 0.179. The largest absolute Gasteiger partial charge is 0.368 e. The molecular formula is C13H19N5O2S. The Kier molecular flexibility index (Phi) is 7.97. The number of amidine groups is 1. The van der Waals surface area contributed by atoms with E-state index in [1.807, 2.05) is 6.92 Å². The third-order valence-corrected chi connectivity index (χ3v) is 3.56. The summed E-state index contributed by atoms with van der Waals surface area (Å²) in [7, 11) is 0. The predicted molar refractivity (Wildman–Crippen MR) is 85.1 cm³/mol. The summed E-state index contributed by atoms with van der Waals surface area (Å²) in [6, 6.07) is 0. The van der Waals surface area contributed by atoms with Crippen LogP contribution < -0.4 is 5.32 Å². The van der Waals surface area contributed by atoms with E-state index in [1.165, 1.54) is 0 Å². The Morgan fingerprint density at radius 2 is 2.52 bits per heavy atom. The van der Waals surface area contributed by atoms with Gasteiger partial charge in [-0.3, -0.25) is 15.1 Å². The summed E-state index contributed by atoms with van der Waals surface area (Å²) in [5.74, 6) is 4.47. The van der Waals surface area contributed by atoms with Gasteiger partial charge in [-0.15, -0.1) is 12.3 Å². The van der Waals surface area contributed by atoms with E-state index in [2.05, 4.69) is 26.2 Å². The summed E-state index contributed by atoms with van der Waals surface area (Å²) in [4.78, 5) is 21.5. The Morgan fingerprint density at radius 3 is 3.14 bits per heavy atom. The molecule has 114 valence electrons. The SMILES string of the molecule is C#CCCN=C(C[N+](=O)[O-])NCCSCc1nc[nH]c1C. The molecule has 2 N–H and O–H groups in total. The van der Waals surface area contributed by atoms with Crippen LogP contribution in [0.15, 0.2) is 11.3 Å². The first-order valence-corrected chi connectivity index (χ1v) is 7.68. The molecule has 1 aromatic heterocycles. The van der Waals surface area contributed by atoms with Crippen LogP contribution >= 0.6 is 11.8 Å². The number of terminal acetylenes is 1. The molecule has 1 aromatic rings. The number of thioether (sulfide) groups is 1. The van der Waals surface area contributed by atoms with Crippen molar-refractivity contribution in [1.82, 2.24) is 15.3 Å². The van der Waals surface area contributed by atoms with Gasteiger partial charge >= 0.3 is 0 Å². The average molecular weight is 309 g/mol. The average Bonchev–Trinajstić information content (AvgIpc) is 2.83. The molecule has 0 unspecified atom stereocenters. The summed E-state index contributed by atoms with van der Waals surface area (Å²) in [5, 5.41) is 13.5. The highest BCUT2D eigenvalue weighted by Gasteiger charge is 2.06. The normalized spacial score (nSPS) is 11.1. The van der Waals surface area contributed by atoms with Gasteiger partial charge in [0.05, 0.1) is 18.6 Å². The molecule has 0 bridgehead atoms. The van der Waals surface area contributed by atoms with Crippen LogP contribution in [0.25, 0.3) is 0 Å². The summed E-state index contributed by atoms with van der Waals surface area (Å²) < 4.78 is 0. The zero-order valence-corrected chi connectivity index (χ0v) is 12.8. The topological polar surface area (TPSA) is 96.2 Å². The van der Waals surface area contributed by atoms with Gasteiger partial charge in [-0.25, -0.2) is 4.98 Å². The molecule has 1 heterocycles. The van der Waals surface area contributed by atoms with Crippen molar-refractivity contribution in [2.24, 2.45) is 4.99 Å². The van der Waals surface area contributed by atoms with E-state index in [1.54, 1.807) is 18.1 Å². The zero-order chi connectivity index (χ0) is 15.5. The molecule has 0 aliphatic rings. The van der Waals surface area contributed by atoms with E-state index in [0.29, 0.717) is 25.3 Å². The molecule has 0 aliphatic heterocycles. The van der Waals surface area contributed by atoms with Gasteiger partial charge in [0, 0.05) is 35.1 Å². The number of nitro groups is 1. The van der Waals surface area contributed by atoms with Crippen molar-refractivity contribution >= 4 is 17.6 Å². The lowest BCUT2D eigenvalue weighted by Gasteiger charge is -2.06.